The minimum absolute atomic E-state index is 0.120. The minimum atomic E-state index is -0.395. The van der Waals surface area contributed by atoms with Crippen LogP contribution in [0.4, 0.5) is 4.39 Å². The van der Waals surface area contributed by atoms with Gasteiger partial charge in [0.25, 0.3) is 0 Å². The third kappa shape index (κ3) is 1.46. The zero-order chi connectivity index (χ0) is 10.3. The summed E-state index contributed by atoms with van der Waals surface area (Å²) < 4.78 is 13.2. The van der Waals surface area contributed by atoms with E-state index < -0.39 is 5.82 Å². The summed E-state index contributed by atoms with van der Waals surface area (Å²) in [5.41, 5.74) is 2.68. The third-order valence-corrected chi connectivity index (χ3v) is 2.48. The maximum absolute atomic E-state index is 13.2. The number of aromatic nitrogens is 1. The van der Waals surface area contributed by atoms with Gasteiger partial charge in [0.2, 0.25) is 0 Å². The summed E-state index contributed by atoms with van der Waals surface area (Å²) >= 11 is 5.68. The van der Waals surface area contributed by atoms with E-state index in [-0.39, 0.29) is 5.02 Å². The molecule has 0 aliphatic carbocycles. The fourth-order valence-corrected chi connectivity index (χ4v) is 1.72. The van der Waals surface area contributed by atoms with E-state index in [1.807, 2.05) is 19.9 Å². The van der Waals surface area contributed by atoms with E-state index in [0.717, 1.165) is 22.2 Å². The molecule has 2 aromatic rings. The molecule has 0 unspecified atom stereocenters. The summed E-state index contributed by atoms with van der Waals surface area (Å²) in [5, 5.41) is 0.938. The highest BCUT2D eigenvalue weighted by molar-refractivity contribution is 6.31. The molecule has 0 saturated heterocycles. The van der Waals surface area contributed by atoms with Crippen LogP contribution in [0.25, 0.3) is 10.9 Å². The van der Waals surface area contributed by atoms with E-state index >= 15 is 0 Å². The minimum Gasteiger partial charge on any atom is -0.253 e. The molecule has 3 heteroatoms. The fourth-order valence-electron chi connectivity index (χ4n) is 1.56. The predicted octanol–water partition coefficient (Wildman–Crippen LogP) is 3.64. The second-order valence-electron chi connectivity index (χ2n) is 3.36. The molecule has 0 bridgehead atoms. The van der Waals surface area contributed by atoms with Crippen molar-refractivity contribution in [1.29, 1.82) is 0 Å². The first-order valence-electron chi connectivity index (χ1n) is 4.31. The average Bonchev–Trinajstić information content (AvgIpc) is 2.08. The molecule has 1 aromatic carbocycles. The van der Waals surface area contributed by atoms with Crippen LogP contribution in [-0.4, -0.2) is 4.98 Å². The van der Waals surface area contributed by atoms with Crippen LogP contribution in [0.2, 0.25) is 5.02 Å². The number of hydrogen-bond donors (Lipinski definition) is 0. The lowest BCUT2D eigenvalue weighted by molar-refractivity contribution is 0.630. The monoisotopic (exact) mass is 209 g/mol. The van der Waals surface area contributed by atoms with Gasteiger partial charge in [-0.05, 0) is 37.6 Å². The number of hydrogen-bond acceptors (Lipinski definition) is 1. The lowest BCUT2D eigenvalue weighted by Gasteiger charge is -2.04. The Balaban J connectivity index is 2.89. The van der Waals surface area contributed by atoms with Crippen LogP contribution >= 0.6 is 11.6 Å². The number of rotatable bonds is 0. The van der Waals surface area contributed by atoms with E-state index in [1.54, 1.807) is 6.07 Å². The average molecular weight is 210 g/mol. The molecule has 0 atom stereocenters. The molecular weight excluding hydrogens is 201 g/mol. The summed E-state index contributed by atoms with van der Waals surface area (Å²) in [5.74, 6) is -0.395. The molecule has 72 valence electrons. The first-order chi connectivity index (χ1) is 6.58. The molecule has 2 rings (SSSR count). The van der Waals surface area contributed by atoms with Crippen LogP contribution in [0.15, 0.2) is 18.2 Å². The van der Waals surface area contributed by atoms with Gasteiger partial charge in [-0.3, -0.25) is 4.98 Å². The molecule has 0 saturated carbocycles. The number of nitrogens with zero attached hydrogens (tertiary/aromatic N) is 1. The van der Waals surface area contributed by atoms with Crippen LogP contribution in [-0.2, 0) is 0 Å². The Kier molecular flexibility index (Phi) is 2.16. The Labute approximate surface area is 86.5 Å². The number of aryl methyl sites for hydroxylation is 2. The lowest BCUT2D eigenvalue weighted by atomic mass is 10.1. The number of halogens is 2. The van der Waals surface area contributed by atoms with Crippen molar-refractivity contribution in [3.8, 4) is 0 Å². The van der Waals surface area contributed by atoms with Gasteiger partial charge < -0.3 is 0 Å². The van der Waals surface area contributed by atoms with E-state index in [9.17, 15) is 4.39 Å². The largest absolute Gasteiger partial charge is 0.253 e. The van der Waals surface area contributed by atoms with Crippen LogP contribution in [0.1, 0.15) is 11.3 Å². The molecule has 0 aliphatic heterocycles. The zero-order valence-electron chi connectivity index (χ0n) is 7.94. The van der Waals surface area contributed by atoms with Crippen molar-refractivity contribution >= 4 is 22.5 Å². The van der Waals surface area contributed by atoms with Crippen LogP contribution in [0.5, 0.6) is 0 Å². The van der Waals surface area contributed by atoms with Gasteiger partial charge in [0, 0.05) is 11.1 Å². The van der Waals surface area contributed by atoms with Gasteiger partial charge in [0.05, 0.1) is 10.5 Å². The van der Waals surface area contributed by atoms with Crippen LogP contribution in [0.3, 0.4) is 0 Å². The zero-order valence-corrected chi connectivity index (χ0v) is 8.69. The normalized spacial score (nSPS) is 10.9. The predicted molar refractivity (Wildman–Crippen MR) is 56.2 cm³/mol. The SMILES string of the molecule is Cc1cc(C)c2cc(F)c(Cl)cc2n1. The molecule has 0 aliphatic rings. The second-order valence-corrected chi connectivity index (χ2v) is 3.77. The van der Waals surface area contributed by atoms with Crippen molar-refractivity contribution in [2.24, 2.45) is 0 Å². The Hall–Kier alpha value is -1.15. The molecule has 14 heavy (non-hydrogen) atoms. The lowest BCUT2D eigenvalue weighted by Crippen LogP contribution is -1.89. The van der Waals surface area contributed by atoms with Gasteiger partial charge in [-0.25, -0.2) is 4.39 Å². The fraction of sp³-hybridized carbons (Fsp3) is 0.182. The summed E-state index contributed by atoms with van der Waals surface area (Å²) in [6, 6.07) is 4.92. The highest BCUT2D eigenvalue weighted by Crippen LogP contribution is 2.24. The van der Waals surface area contributed by atoms with Crippen molar-refractivity contribution in [2.75, 3.05) is 0 Å². The van der Waals surface area contributed by atoms with E-state index in [0.29, 0.717) is 0 Å². The van der Waals surface area contributed by atoms with Crippen molar-refractivity contribution in [3.63, 3.8) is 0 Å². The topological polar surface area (TPSA) is 12.9 Å². The number of pyridine rings is 1. The summed E-state index contributed by atoms with van der Waals surface area (Å²) in [6.07, 6.45) is 0. The van der Waals surface area contributed by atoms with Gasteiger partial charge in [-0.15, -0.1) is 0 Å². The molecule has 0 radical (unpaired) electrons. The highest BCUT2D eigenvalue weighted by Gasteiger charge is 2.05. The molecule has 1 nitrogen and oxygen atoms in total. The standard InChI is InChI=1S/C11H9ClFN/c1-6-3-7(2)14-11-5-9(12)10(13)4-8(6)11/h3-5H,1-2H3. The third-order valence-electron chi connectivity index (χ3n) is 2.19. The summed E-state index contributed by atoms with van der Waals surface area (Å²) in [6.45, 7) is 3.84. The number of fused-ring (bicyclic) bond motifs is 1. The molecular formula is C11H9ClFN. The Morgan fingerprint density at radius 1 is 1.21 bits per heavy atom. The Morgan fingerprint density at radius 2 is 1.93 bits per heavy atom. The molecule has 0 spiro atoms. The van der Waals surface area contributed by atoms with Gasteiger partial charge >= 0.3 is 0 Å². The Morgan fingerprint density at radius 3 is 2.64 bits per heavy atom. The molecule has 0 N–H and O–H groups in total. The van der Waals surface area contributed by atoms with Crippen LogP contribution < -0.4 is 0 Å². The van der Waals surface area contributed by atoms with Gasteiger partial charge in [0.1, 0.15) is 5.82 Å². The summed E-state index contributed by atoms with van der Waals surface area (Å²) in [4.78, 5) is 4.29. The van der Waals surface area contributed by atoms with Crippen molar-refractivity contribution in [1.82, 2.24) is 4.98 Å². The van der Waals surface area contributed by atoms with Gasteiger partial charge in [-0.1, -0.05) is 11.6 Å². The quantitative estimate of drug-likeness (QED) is 0.646. The first kappa shape index (κ1) is 9.41. The van der Waals surface area contributed by atoms with E-state index in [2.05, 4.69) is 4.98 Å². The summed E-state index contributed by atoms with van der Waals surface area (Å²) in [7, 11) is 0. The molecule has 1 heterocycles. The highest BCUT2D eigenvalue weighted by atomic mass is 35.5. The number of benzene rings is 1. The molecule has 1 aromatic heterocycles. The maximum atomic E-state index is 13.2. The van der Waals surface area contributed by atoms with E-state index in [4.69, 9.17) is 11.6 Å². The Bertz CT molecular complexity index is 508. The van der Waals surface area contributed by atoms with Crippen molar-refractivity contribution < 1.29 is 4.39 Å². The maximum Gasteiger partial charge on any atom is 0.142 e. The van der Waals surface area contributed by atoms with Gasteiger partial charge in [0.15, 0.2) is 0 Å². The van der Waals surface area contributed by atoms with Gasteiger partial charge in [-0.2, -0.15) is 0 Å². The van der Waals surface area contributed by atoms with Crippen LogP contribution in [0, 0.1) is 19.7 Å². The van der Waals surface area contributed by atoms with E-state index in [1.165, 1.54) is 6.07 Å². The molecule has 0 amide bonds. The van der Waals surface area contributed by atoms with Crippen molar-refractivity contribution in [3.05, 3.63) is 40.3 Å². The second kappa shape index (κ2) is 3.21. The molecule has 0 fully saturated rings. The first-order valence-corrected chi connectivity index (χ1v) is 4.69. The van der Waals surface area contributed by atoms with Crippen molar-refractivity contribution in [2.45, 2.75) is 13.8 Å². The smallest absolute Gasteiger partial charge is 0.142 e.